The van der Waals surface area contributed by atoms with Gasteiger partial charge in [0.1, 0.15) is 0 Å². The van der Waals surface area contributed by atoms with E-state index in [1.165, 1.54) is 24.3 Å². The second kappa shape index (κ2) is 6.21. The van der Waals surface area contributed by atoms with Gasteiger partial charge in [0.2, 0.25) is 0 Å². The van der Waals surface area contributed by atoms with Crippen LogP contribution in [0.5, 0.6) is 0 Å². The van der Waals surface area contributed by atoms with Gasteiger partial charge in [0.25, 0.3) is 10.0 Å². The lowest BCUT2D eigenvalue weighted by molar-refractivity contribution is 0.0696. The number of aromatic nitrogens is 1. The Morgan fingerprint density at radius 2 is 1.50 bits per heavy atom. The topological polar surface area (TPSA) is 88.4 Å². The number of hydrogen-bond donors (Lipinski definition) is 2. The third-order valence-electron chi connectivity index (χ3n) is 3.43. The molecule has 0 atom stereocenters. The molecule has 0 aliphatic rings. The minimum Gasteiger partial charge on any atom is -0.478 e. The fourth-order valence-electron chi connectivity index (χ4n) is 2.20. The second-order valence-corrected chi connectivity index (χ2v) is 6.75. The highest BCUT2D eigenvalue weighted by molar-refractivity contribution is 7.92. The summed E-state index contributed by atoms with van der Waals surface area (Å²) >= 11 is 0. The molecule has 24 heavy (non-hydrogen) atoms. The van der Waals surface area contributed by atoms with Crippen molar-refractivity contribution in [2.45, 2.75) is 4.90 Å². The Morgan fingerprint density at radius 1 is 0.917 bits per heavy atom. The van der Waals surface area contributed by atoms with Gasteiger partial charge in [-0.2, -0.15) is 0 Å². The third-order valence-corrected chi connectivity index (χ3v) is 4.83. The Labute approximate surface area is 139 Å². The van der Waals surface area contributed by atoms with E-state index in [4.69, 9.17) is 5.11 Å². The van der Waals surface area contributed by atoms with Crippen LogP contribution in [0.3, 0.4) is 0 Å². The van der Waals surface area contributed by atoms with E-state index >= 15 is 0 Å². The maximum Gasteiger partial charge on any atom is 0.335 e. The fraction of sp³-hybridized carbons (Fsp3) is 0. The van der Waals surface area contributed by atoms with Crippen LogP contribution in [-0.2, 0) is 10.0 Å². The van der Waals surface area contributed by atoms with E-state index in [-0.39, 0.29) is 10.5 Å². The van der Waals surface area contributed by atoms with Gasteiger partial charge in [-0.15, -0.1) is 0 Å². The van der Waals surface area contributed by atoms with Crippen LogP contribution in [0.1, 0.15) is 10.4 Å². The van der Waals surface area contributed by atoms with Crippen molar-refractivity contribution in [3.8, 4) is 5.69 Å². The number of nitrogens with zero attached hydrogens (tertiary/aromatic N) is 1. The summed E-state index contributed by atoms with van der Waals surface area (Å²) in [6.45, 7) is 0. The lowest BCUT2D eigenvalue weighted by Gasteiger charge is -2.09. The summed E-state index contributed by atoms with van der Waals surface area (Å²) in [5.41, 5.74) is 1.37. The van der Waals surface area contributed by atoms with Crippen LogP contribution in [0.4, 0.5) is 5.69 Å². The molecule has 0 fully saturated rings. The number of anilines is 1. The fourth-order valence-corrected chi connectivity index (χ4v) is 3.26. The Morgan fingerprint density at radius 3 is 2.04 bits per heavy atom. The van der Waals surface area contributed by atoms with Crippen LogP contribution in [-0.4, -0.2) is 24.1 Å². The Balaban J connectivity index is 1.80. The summed E-state index contributed by atoms with van der Waals surface area (Å²) in [7, 11) is -3.77. The van der Waals surface area contributed by atoms with E-state index in [2.05, 4.69) is 4.72 Å². The van der Waals surface area contributed by atoms with Crippen molar-refractivity contribution in [3.05, 3.63) is 78.6 Å². The van der Waals surface area contributed by atoms with E-state index in [0.29, 0.717) is 5.69 Å². The summed E-state index contributed by atoms with van der Waals surface area (Å²) in [5, 5.41) is 8.85. The molecule has 0 spiro atoms. The van der Waals surface area contributed by atoms with E-state index in [0.717, 1.165) is 5.69 Å². The van der Waals surface area contributed by atoms with Crippen molar-refractivity contribution >= 4 is 21.7 Å². The lowest BCUT2D eigenvalue weighted by atomic mass is 10.2. The number of carbonyl (C=O) groups is 1. The quantitative estimate of drug-likeness (QED) is 0.746. The normalized spacial score (nSPS) is 11.2. The molecular formula is C17H14N2O4S. The predicted molar refractivity (Wildman–Crippen MR) is 90.0 cm³/mol. The zero-order valence-corrected chi connectivity index (χ0v) is 13.3. The highest BCUT2D eigenvalue weighted by Gasteiger charge is 2.15. The molecule has 0 aliphatic carbocycles. The van der Waals surface area contributed by atoms with Gasteiger partial charge in [-0.25, -0.2) is 13.2 Å². The van der Waals surface area contributed by atoms with Crippen LogP contribution < -0.4 is 4.72 Å². The van der Waals surface area contributed by atoms with Crippen molar-refractivity contribution < 1.29 is 18.3 Å². The Bertz CT molecular complexity index is 945. The lowest BCUT2D eigenvalue weighted by Crippen LogP contribution is -2.13. The number of benzene rings is 2. The van der Waals surface area contributed by atoms with E-state index in [9.17, 15) is 13.2 Å². The van der Waals surface area contributed by atoms with Crippen molar-refractivity contribution in [2.75, 3.05) is 4.72 Å². The molecule has 0 saturated heterocycles. The molecule has 0 bridgehead atoms. The van der Waals surface area contributed by atoms with E-state index < -0.39 is 16.0 Å². The Hall–Kier alpha value is -3.06. The van der Waals surface area contributed by atoms with Crippen molar-refractivity contribution in [1.29, 1.82) is 0 Å². The summed E-state index contributed by atoms with van der Waals surface area (Å²) in [6, 6.07) is 15.8. The summed E-state index contributed by atoms with van der Waals surface area (Å²) in [4.78, 5) is 10.8. The summed E-state index contributed by atoms with van der Waals surface area (Å²) in [5.74, 6) is -1.10. The number of carboxylic acids is 1. The highest BCUT2D eigenvalue weighted by atomic mass is 32.2. The first-order valence-electron chi connectivity index (χ1n) is 7.05. The minimum absolute atomic E-state index is 0.00184. The molecule has 2 aromatic carbocycles. The average molecular weight is 342 g/mol. The van der Waals surface area contributed by atoms with Crippen molar-refractivity contribution in [1.82, 2.24) is 4.57 Å². The van der Waals surface area contributed by atoms with Crippen LogP contribution in [0, 0.1) is 0 Å². The predicted octanol–water partition coefficient (Wildman–Crippen LogP) is 2.98. The molecule has 6 nitrogen and oxygen atoms in total. The first-order chi connectivity index (χ1) is 11.5. The van der Waals surface area contributed by atoms with E-state index in [1.807, 2.05) is 29.1 Å². The summed E-state index contributed by atoms with van der Waals surface area (Å²) < 4.78 is 29.0. The zero-order chi connectivity index (χ0) is 17.2. The molecule has 0 radical (unpaired) electrons. The summed E-state index contributed by atoms with van der Waals surface area (Å²) in [6.07, 6.45) is 3.78. The monoisotopic (exact) mass is 342 g/mol. The zero-order valence-electron chi connectivity index (χ0n) is 12.5. The molecule has 0 saturated carbocycles. The molecule has 0 unspecified atom stereocenters. The van der Waals surface area contributed by atoms with Gasteiger partial charge in [-0.1, -0.05) is 0 Å². The smallest absolute Gasteiger partial charge is 0.335 e. The maximum absolute atomic E-state index is 12.3. The highest BCUT2D eigenvalue weighted by Crippen LogP contribution is 2.18. The number of aromatic carboxylic acids is 1. The van der Waals surface area contributed by atoms with Crippen LogP contribution >= 0.6 is 0 Å². The first kappa shape index (κ1) is 15.8. The minimum atomic E-state index is -3.77. The van der Waals surface area contributed by atoms with Gasteiger partial charge in [0.15, 0.2) is 0 Å². The molecule has 0 amide bonds. The van der Waals surface area contributed by atoms with Gasteiger partial charge >= 0.3 is 5.97 Å². The van der Waals surface area contributed by atoms with Gasteiger partial charge in [0.05, 0.1) is 10.5 Å². The average Bonchev–Trinajstić information content (AvgIpc) is 3.10. The SMILES string of the molecule is O=C(O)c1ccc(S(=O)(=O)Nc2ccc(-n3cccc3)cc2)cc1. The van der Waals surface area contributed by atoms with Gasteiger partial charge in [-0.3, -0.25) is 4.72 Å². The molecule has 3 rings (SSSR count). The Kier molecular flexibility index (Phi) is 4.09. The molecular weight excluding hydrogens is 328 g/mol. The largest absolute Gasteiger partial charge is 0.478 e. The molecule has 3 aromatic rings. The molecule has 1 aromatic heterocycles. The standard InChI is InChI=1S/C17H14N2O4S/c20-17(21)13-3-9-16(10-4-13)24(22,23)18-14-5-7-15(8-6-14)19-11-1-2-12-19/h1-12,18H,(H,20,21). The van der Waals surface area contributed by atoms with Crippen molar-refractivity contribution in [2.24, 2.45) is 0 Å². The van der Waals surface area contributed by atoms with Gasteiger partial charge < -0.3 is 9.67 Å². The third kappa shape index (κ3) is 3.31. The van der Waals surface area contributed by atoms with Crippen molar-refractivity contribution in [3.63, 3.8) is 0 Å². The van der Waals surface area contributed by atoms with Crippen LogP contribution in [0.25, 0.3) is 5.69 Å². The number of sulfonamides is 1. The number of hydrogen-bond acceptors (Lipinski definition) is 3. The van der Waals surface area contributed by atoms with E-state index in [1.54, 1.807) is 24.3 Å². The van der Waals surface area contributed by atoms with Crippen LogP contribution in [0.15, 0.2) is 78.0 Å². The first-order valence-corrected chi connectivity index (χ1v) is 8.54. The van der Waals surface area contributed by atoms with Gasteiger partial charge in [-0.05, 0) is 60.7 Å². The number of rotatable bonds is 5. The molecule has 122 valence electrons. The maximum atomic E-state index is 12.3. The molecule has 2 N–H and O–H groups in total. The number of nitrogens with one attached hydrogen (secondary N) is 1. The molecule has 0 aliphatic heterocycles. The molecule has 7 heteroatoms. The number of carboxylic acid groups (broad SMARTS) is 1. The molecule has 1 heterocycles. The van der Waals surface area contributed by atoms with Gasteiger partial charge in [0, 0.05) is 23.8 Å². The second-order valence-electron chi connectivity index (χ2n) is 5.07. The van der Waals surface area contributed by atoms with Crippen LogP contribution in [0.2, 0.25) is 0 Å².